The summed E-state index contributed by atoms with van der Waals surface area (Å²) in [6.45, 7) is 0. The van der Waals surface area contributed by atoms with Gasteiger partial charge in [0.1, 0.15) is 5.75 Å². The smallest absolute Gasteiger partial charge is 0.116 e. The van der Waals surface area contributed by atoms with Gasteiger partial charge in [-0.1, -0.05) is 60.7 Å². The summed E-state index contributed by atoms with van der Waals surface area (Å²) < 4.78 is 0. The SMILES string of the molecule is Oc1ccc(-c2ccc(-c3ccccc3)cc2)c(P)c1. The first-order chi connectivity index (χ1) is 9.74. The Kier molecular flexibility index (Phi) is 3.54. The summed E-state index contributed by atoms with van der Waals surface area (Å²) in [5.74, 6) is 0.291. The van der Waals surface area contributed by atoms with Gasteiger partial charge in [-0.2, -0.15) is 0 Å². The topological polar surface area (TPSA) is 20.2 Å². The summed E-state index contributed by atoms with van der Waals surface area (Å²) in [7, 11) is 2.67. The van der Waals surface area contributed by atoms with Crippen molar-refractivity contribution in [3.8, 4) is 28.0 Å². The summed E-state index contributed by atoms with van der Waals surface area (Å²) in [4.78, 5) is 0. The number of rotatable bonds is 2. The van der Waals surface area contributed by atoms with Crippen LogP contribution < -0.4 is 5.30 Å². The molecule has 0 spiro atoms. The molecule has 1 atom stereocenters. The first kappa shape index (κ1) is 12.9. The van der Waals surface area contributed by atoms with Crippen molar-refractivity contribution in [1.29, 1.82) is 0 Å². The standard InChI is InChI=1S/C18H15OP/c19-16-10-11-17(18(20)12-16)15-8-6-14(7-9-15)13-4-2-1-3-5-13/h1-12,19H,20H2. The zero-order valence-electron chi connectivity index (χ0n) is 11.0. The fraction of sp³-hybridized carbons (Fsp3) is 0. The molecule has 2 heteroatoms. The van der Waals surface area contributed by atoms with Crippen molar-refractivity contribution in [3.05, 3.63) is 72.8 Å². The van der Waals surface area contributed by atoms with Crippen LogP contribution in [-0.2, 0) is 0 Å². The summed E-state index contributed by atoms with van der Waals surface area (Å²) in [5.41, 5.74) is 4.69. The van der Waals surface area contributed by atoms with Crippen LogP contribution in [0, 0.1) is 0 Å². The third kappa shape index (κ3) is 2.59. The third-order valence-corrected chi connectivity index (χ3v) is 3.82. The van der Waals surface area contributed by atoms with Gasteiger partial charge in [0.15, 0.2) is 0 Å². The Balaban J connectivity index is 1.97. The number of hydrogen-bond acceptors (Lipinski definition) is 1. The number of benzene rings is 3. The van der Waals surface area contributed by atoms with Crippen LogP contribution in [0.3, 0.4) is 0 Å². The van der Waals surface area contributed by atoms with E-state index >= 15 is 0 Å². The normalized spacial score (nSPS) is 10.4. The van der Waals surface area contributed by atoms with Gasteiger partial charge in [0.2, 0.25) is 0 Å². The Morgan fingerprint density at radius 2 is 1.25 bits per heavy atom. The lowest BCUT2D eigenvalue weighted by atomic mass is 10.0. The van der Waals surface area contributed by atoms with Gasteiger partial charge in [0.25, 0.3) is 0 Å². The highest BCUT2D eigenvalue weighted by Crippen LogP contribution is 2.25. The molecule has 0 fully saturated rings. The highest BCUT2D eigenvalue weighted by atomic mass is 31.0. The first-order valence-corrected chi connectivity index (χ1v) is 7.06. The molecule has 3 aromatic carbocycles. The zero-order chi connectivity index (χ0) is 13.9. The molecular formula is C18H15OP. The molecule has 0 aliphatic carbocycles. The van der Waals surface area contributed by atoms with Crippen LogP contribution in [0.1, 0.15) is 0 Å². The Bertz CT molecular complexity index is 718. The Morgan fingerprint density at radius 1 is 0.650 bits per heavy atom. The van der Waals surface area contributed by atoms with Gasteiger partial charge in [-0.15, -0.1) is 9.24 Å². The van der Waals surface area contributed by atoms with Crippen molar-refractivity contribution >= 4 is 14.5 Å². The Hall–Kier alpha value is -2.11. The van der Waals surface area contributed by atoms with E-state index in [1.165, 1.54) is 11.1 Å². The Morgan fingerprint density at radius 3 is 1.90 bits per heavy atom. The minimum absolute atomic E-state index is 0.291. The van der Waals surface area contributed by atoms with Crippen LogP contribution in [0.2, 0.25) is 0 Å². The summed E-state index contributed by atoms with van der Waals surface area (Å²) in [6.07, 6.45) is 0. The molecule has 20 heavy (non-hydrogen) atoms. The number of phenols is 1. The molecule has 0 aliphatic heterocycles. The molecule has 0 aliphatic rings. The lowest BCUT2D eigenvalue weighted by molar-refractivity contribution is 0.476. The minimum Gasteiger partial charge on any atom is -0.508 e. The second kappa shape index (κ2) is 5.48. The van der Waals surface area contributed by atoms with Crippen LogP contribution in [0.4, 0.5) is 0 Å². The van der Waals surface area contributed by atoms with Crippen molar-refractivity contribution < 1.29 is 5.11 Å². The average Bonchev–Trinajstić information content (AvgIpc) is 2.48. The van der Waals surface area contributed by atoms with Crippen molar-refractivity contribution in [1.82, 2.24) is 0 Å². The first-order valence-electron chi connectivity index (χ1n) is 6.48. The van der Waals surface area contributed by atoms with Gasteiger partial charge in [0.05, 0.1) is 0 Å². The molecule has 0 heterocycles. The summed E-state index contributed by atoms with van der Waals surface area (Å²) in [5, 5.41) is 10.5. The maximum absolute atomic E-state index is 9.46. The Labute approximate surface area is 121 Å². The molecule has 0 aromatic heterocycles. The van der Waals surface area contributed by atoms with Crippen LogP contribution in [-0.4, -0.2) is 5.11 Å². The van der Waals surface area contributed by atoms with E-state index in [-0.39, 0.29) is 0 Å². The van der Waals surface area contributed by atoms with Gasteiger partial charge in [0, 0.05) is 0 Å². The van der Waals surface area contributed by atoms with Gasteiger partial charge in [-0.25, -0.2) is 0 Å². The van der Waals surface area contributed by atoms with Gasteiger partial charge in [-0.05, 0) is 39.7 Å². The van der Waals surface area contributed by atoms with Crippen molar-refractivity contribution in [2.75, 3.05) is 0 Å². The van der Waals surface area contributed by atoms with E-state index in [0.29, 0.717) is 5.75 Å². The predicted molar refractivity (Wildman–Crippen MR) is 88.3 cm³/mol. The average molecular weight is 278 g/mol. The number of phenolic OH excluding ortho intramolecular Hbond substituents is 1. The molecule has 3 aromatic rings. The fourth-order valence-corrected chi connectivity index (χ4v) is 2.72. The minimum atomic E-state index is 0.291. The van der Waals surface area contributed by atoms with E-state index in [1.54, 1.807) is 12.1 Å². The number of aromatic hydroxyl groups is 1. The predicted octanol–water partition coefficient (Wildman–Crippen LogP) is 4.23. The quantitative estimate of drug-likeness (QED) is 0.696. The maximum Gasteiger partial charge on any atom is 0.116 e. The van der Waals surface area contributed by atoms with Crippen LogP contribution in [0.15, 0.2) is 72.8 Å². The summed E-state index contributed by atoms with van der Waals surface area (Å²) in [6, 6.07) is 24.2. The molecule has 0 amide bonds. The van der Waals surface area contributed by atoms with Gasteiger partial charge < -0.3 is 5.11 Å². The van der Waals surface area contributed by atoms with Crippen molar-refractivity contribution in [2.24, 2.45) is 0 Å². The third-order valence-electron chi connectivity index (χ3n) is 3.34. The van der Waals surface area contributed by atoms with E-state index in [9.17, 15) is 5.11 Å². The van der Waals surface area contributed by atoms with Crippen molar-refractivity contribution in [2.45, 2.75) is 0 Å². The lowest BCUT2D eigenvalue weighted by Gasteiger charge is -2.08. The molecule has 1 unspecified atom stereocenters. The molecular weight excluding hydrogens is 263 g/mol. The molecule has 0 saturated heterocycles. The largest absolute Gasteiger partial charge is 0.508 e. The fourth-order valence-electron chi connectivity index (χ4n) is 2.29. The second-order valence-electron chi connectivity index (χ2n) is 4.71. The second-order valence-corrected chi connectivity index (χ2v) is 5.34. The molecule has 1 N–H and O–H groups in total. The monoisotopic (exact) mass is 278 g/mol. The highest BCUT2D eigenvalue weighted by Gasteiger charge is 2.03. The van der Waals surface area contributed by atoms with E-state index in [2.05, 4.69) is 45.6 Å². The van der Waals surface area contributed by atoms with Gasteiger partial charge >= 0.3 is 0 Å². The lowest BCUT2D eigenvalue weighted by Crippen LogP contribution is -1.95. The molecule has 0 bridgehead atoms. The molecule has 98 valence electrons. The number of hydrogen-bond donors (Lipinski definition) is 1. The summed E-state index contributed by atoms with van der Waals surface area (Å²) >= 11 is 0. The van der Waals surface area contributed by atoms with E-state index in [0.717, 1.165) is 16.4 Å². The van der Waals surface area contributed by atoms with Crippen LogP contribution in [0.25, 0.3) is 22.3 Å². The zero-order valence-corrected chi connectivity index (χ0v) is 12.1. The maximum atomic E-state index is 9.46. The van der Waals surface area contributed by atoms with Crippen LogP contribution >= 0.6 is 9.24 Å². The van der Waals surface area contributed by atoms with Crippen LogP contribution in [0.5, 0.6) is 5.75 Å². The van der Waals surface area contributed by atoms with Crippen molar-refractivity contribution in [3.63, 3.8) is 0 Å². The van der Waals surface area contributed by atoms with E-state index < -0.39 is 0 Å². The highest BCUT2D eigenvalue weighted by molar-refractivity contribution is 7.28. The van der Waals surface area contributed by atoms with Gasteiger partial charge in [-0.3, -0.25) is 0 Å². The molecule has 0 saturated carbocycles. The molecule has 3 rings (SSSR count). The molecule has 0 radical (unpaired) electrons. The molecule has 1 nitrogen and oxygen atoms in total. The van der Waals surface area contributed by atoms with E-state index in [1.807, 2.05) is 24.3 Å². The van der Waals surface area contributed by atoms with E-state index in [4.69, 9.17) is 0 Å².